The van der Waals surface area contributed by atoms with Gasteiger partial charge in [0.15, 0.2) is 5.11 Å². The minimum atomic E-state index is -1.23. The SMILES string of the molecule is C=CCNC(=S)Nc1cccc(NC(=O)C[C@@H]([NH2+]CCCC)C(=O)[O-])c1. The van der Waals surface area contributed by atoms with E-state index in [0.29, 0.717) is 29.6 Å². The molecule has 5 N–H and O–H groups in total. The van der Waals surface area contributed by atoms with E-state index in [1.54, 1.807) is 35.7 Å². The number of nitrogens with two attached hydrogens (primary N) is 1. The fourth-order valence-electron chi connectivity index (χ4n) is 2.21. The van der Waals surface area contributed by atoms with Crippen LogP contribution in [0, 0.1) is 0 Å². The molecule has 1 aromatic rings. The molecule has 0 fully saturated rings. The van der Waals surface area contributed by atoms with E-state index in [9.17, 15) is 14.7 Å². The highest BCUT2D eigenvalue weighted by atomic mass is 32.1. The number of rotatable bonds is 11. The topological polar surface area (TPSA) is 110 Å². The summed E-state index contributed by atoms with van der Waals surface area (Å²) in [6.45, 7) is 6.81. The van der Waals surface area contributed by atoms with Gasteiger partial charge in [0.1, 0.15) is 6.04 Å². The van der Waals surface area contributed by atoms with Crippen LogP contribution in [0.1, 0.15) is 26.2 Å². The van der Waals surface area contributed by atoms with Crippen molar-refractivity contribution >= 4 is 40.6 Å². The van der Waals surface area contributed by atoms with Crippen LogP contribution >= 0.6 is 12.2 Å². The average molecular weight is 378 g/mol. The van der Waals surface area contributed by atoms with Crippen LogP contribution in [0.15, 0.2) is 36.9 Å². The van der Waals surface area contributed by atoms with E-state index in [4.69, 9.17) is 12.2 Å². The Kier molecular flexibility index (Phi) is 9.96. The summed E-state index contributed by atoms with van der Waals surface area (Å²) < 4.78 is 0. The maximum absolute atomic E-state index is 12.1. The molecular weight excluding hydrogens is 352 g/mol. The van der Waals surface area contributed by atoms with Crippen molar-refractivity contribution in [2.45, 2.75) is 32.2 Å². The van der Waals surface area contributed by atoms with E-state index in [2.05, 4.69) is 22.5 Å². The van der Waals surface area contributed by atoms with Crippen molar-refractivity contribution in [2.75, 3.05) is 23.7 Å². The second-order valence-electron chi connectivity index (χ2n) is 5.76. The van der Waals surface area contributed by atoms with Crippen LogP contribution in [0.25, 0.3) is 0 Å². The summed E-state index contributed by atoms with van der Waals surface area (Å²) in [7, 11) is 0. The van der Waals surface area contributed by atoms with Crippen LogP contribution in [-0.4, -0.2) is 36.1 Å². The number of anilines is 2. The summed E-state index contributed by atoms with van der Waals surface area (Å²) >= 11 is 5.14. The minimum Gasteiger partial charge on any atom is -0.544 e. The van der Waals surface area contributed by atoms with E-state index in [1.807, 2.05) is 6.92 Å². The van der Waals surface area contributed by atoms with Gasteiger partial charge >= 0.3 is 0 Å². The van der Waals surface area contributed by atoms with Gasteiger partial charge in [-0.15, -0.1) is 6.58 Å². The first-order valence-electron chi connectivity index (χ1n) is 8.56. The predicted molar refractivity (Wildman–Crippen MR) is 105 cm³/mol. The van der Waals surface area contributed by atoms with E-state index >= 15 is 0 Å². The number of aliphatic carboxylic acids is 1. The Balaban J connectivity index is 2.59. The number of hydrogen-bond acceptors (Lipinski definition) is 4. The molecule has 26 heavy (non-hydrogen) atoms. The zero-order valence-electron chi connectivity index (χ0n) is 14.9. The fraction of sp³-hybridized carbons (Fsp3) is 0.389. The third-order valence-electron chi connectivity index (χ3n) is 3.53. The number of carbonyl (C=O) groups is 2. The molecule has 8 heteroatoms. The van der Waals surface area contributed by atoms with Gasteiger partial charge in [0.2, 0.25) is 5.91 Å². The molecule has 1 amide bonds. The van der Waals surface area contributed by atoms with Crippen LogP contribution in [0.4, 0.5) is 11.4 Å². The first-order chi connectivity index (χ1) is 12.5. The summed E-state index contributed by atoms with van der Waals surface area (Å²) in [5.74, 6) is -1.61. The van der Waals surface area contributed by atoms with Crippen LogP contribution < -0.4 is 26.4 Å². The number of amides is 1. The van der Waals surface area contributed by atoms with Crippen LogP contribution in [0.5, 0.6) is 0 Å². The van der Waals surface area contributed by atoms with Crippen LogP contribution in [0.2, 0.25) is 0 Å². The Labute approximate surface area is 159 Å². The smallest absolute Gasteiger partial charge is 0.230 e. The minimum absolute atomic E-state index is 0.150. The lowest BCUT2D eigenvalue weighted by Crippen LogP contribution is -2.93. The monoisotopic (exact) mass is 378 g/mol. The second-order valence-corrected chi connectivity index (χ2v) is 6.17. The molecule has 0 heterocycles. The van der Waals surface area contributed by atoms with E-state index < -0.39 is 12.0 Å². The summed E-state index contributed by atoms with van der Waals surface area (Å²) in [5, 5.41) is 21.9. The molecule has 1 rings (SSSR count). The zero-order chi connectivity index (χ0) is 19.4. The quantitative estimate of drug-likeness (QED) is 0.245. The summed E-state index contributed by atoms with van der Waals surface area (Å²) in [6.07, 6.45) is 3.39. The number of thiocarbonyl (C=S) groups is 1. The Bertz CT molecular complexity index is 637. The van der Waals surface area contributed by atoms with E-state index in [0.717, 1.165) is 12.8 Å². The molecular formula is C18H26N4O3S. The van der Waals surface area contributed by atoms with Gasteiger partial charge in [0, 0.05) is 17.9 Å². The number of nitrogens with one attached hydrogen (secondary N) is 3. The van der Waals surface area contributed by atoms with Crippen molar-refractivity contribution in [3.05, 3.63) is 36.9 Å². The number of unbranched alkanes of at least 4 members (excludes halogenated alkanes) is 1. The molecule has 0 radical (unpaired) electrons. The molecule has 0 spiro atoms. The van der Waals surface area contributed by atoms with Crippen molar-refractivity contribution in [2.24, 2.45) is 0 Å². The highest BCUT2D eigenvalue weighted by Gasteiger charge is 2.18. The Morgan fingerprint density at radius 3 is 2.65 bits per heavy atom. The fourth-order valence-corrected chi connectivity index (χ4v) is 2.41. The van der Waals surface area contributed by atoms with Gasteiger partial charge in [-0.2, -0.15) is 0 Å². The third-order valence-corrected chi connectivity index (χ3v) is 3.77. The van der Waals surface area contributed by atoms with Crippen LogP contribution in [-0.2, 0) is 9.59 Å². The number of hydrogen-bond donors (Lipinski definition) is 4. The van der Waals surface area contributed by atoms with Crippen LogP contribution in [0.3, 0.4) is 0 Å². The molecule has 142 valence electrons. The maximum Gasteiger partial charge on any atom is 0.230 e. The predicted octanol–water partition coefficient (Wildman–Crippen LogP) is -0.0304. The molecule has 0 aromatic heterocycles. The summed E-state index contributed by atoms with van der Waals surface area (Å²) in [4.78, 5) is 23.3. The molecule has 1 aromatic carbocycles. The largest absolute Gasteiger partial charge is 0.544 e. The first-order valence-corrected chi connectivity index (χ1v) is 8.97. The highest BCUT2D eigenvalue weighted by Crippen LogP contribution is 2.15. The normalized spacial score (nSPS) is 11.3. The van der Waals surface area contributed by atoms with Gasteiger partial charge in [-0.05, 0) is 36.8 Å². The van der Waals surface area contributed by atoms with Gasteiger partial charge in [-0.3, -0.25) is 4.79 Å². The Hall–Kier alpha value is -2.45. The Morgan fingerprint density at radius 2 is 2.04 bits per heavy atom. The van der Waals surface area contributed by atoms with Crippen molar-refractivity contribution in [1.82, 2.24) is 5.32 Å². The maximum atomic E-state index is 12.1. The first kappa shape index (κ1) is 21.6. The number of quaternary nitrogens is 1. The van der Waals surface area contributed by atoms with E-state index in [1.165, 1.54) is 0 Å². The van der Waals surface area contributed by atoms with Gasteiger partial charge in [-0.25, -0.2) is 0 Å². The number of carboxylic acid groups (broad SMARTS) is 1. The zero-order valence-corrected chi connectivity index (χ0v) is 15.7. The average Bonchev–Trinajstić information content (AvgIpc) is 2.59. The highest BCUT2D eigenvalue weighted by molar-refractivity contribution is 7.80. The van der Waals surface area contributed by atoms with Gasteiger partial charge < -0.3 is 31.2 Å². The number of carbonyl (C=O) groups excluding carboxylic acids is 2. The lowest BCUT2D eigenvalue weighted by atomic mass is 10.2. The van der Waals surface area contributed by atoms with Crippen molar-refractivity contribution in [3.63, 3.8) is 0 Å². The summed E-state index contributed by atoms with van der Waals surface area (Å²) in [6, 6.07) is 6.11. The van der Waals surface area contributed by atoms with Crippen molar-refractivity contribution < 1.29 is 20.0 Å². The molecule has 0 unspecified atom stereocenters. The van der Waals surface area contributed by atoms with Gasteiger partial charge in [0.25, 0.3) is 0 Å². The molecule has 0 aliphatic carbocycles. The Morgan fingerprint density at radius 1 is 1.35 bits per heavy atom. The molecule has 0 aliphatic rings. The standard InChI is InChI=1S/C18H26N4O3S/c1-3-5-10-19-15(17(24)25)12-16(23)21-13-7-6-8-14(11-13)22-18(26)20-9-4-2/h4,6-8,11,15,19H,2-3,5,9-10,12H2,1H3,(H,21,23)(H,24,25)(H2,20,22,26)/t15-/m1/s1. The van der Waals surface area contributed by atoms with E-state index in [-0.39, 0.29) is 12.3 Å². The molecule has 0 saturated carbocycles. The lowest BCUT2D eigenvalue weighted by molar-refractivity contribution is -0.682. The van der Waals surface area contributed by atoms with Crippen molar-refractivity contribution in [1.29, 1.82) is 0 Å². The summed E-state index contributed by atoms with van der Waals surface area (Å²) in [5.41, 5.74) is 1.26. The molecule has 0 saturated heterocycles. The second kappa shape index (κ2) is 12.0. The number of benzene rings is 1. The molecule has 0 aliphatic heterocycles. The number of carboxylic acids is 1. The van der Waals surface area contributed by atoms with Crippen molar-refractivity contribution in [3.8, 4) is 0 Å². The molecule has 7 nitrogen and oxygen atoms in total. The van der Waals surface area contributed by atoms with Gasteiger partial charge in [0.05, 0.1) is 18.9 Å². The molecule has 1 atom stereocenters. The molecule has 0 bridgehead atoms. The van der Waals surface area contributed by atoms with Gasteiger partial charge in [-0.1, -0.05) is 25.5 Å². The lowest BCUT2D eigenvalue weighted by Gasteiger charge is -2.16. The third kappa shape index (κ3) is 8.59.